The minimum absolute atomic E-state index is 0.0928. The molecule has 122 valence electrons. The summed E-state index contributed by atoms with van der Waals surface area (Å²) in [5, 5.41) is 0. The van der Waals surface area contributed by atoms with Crippen LogP contribution in [0.1, 0.15) is 10.4 Å². The van der Waals surface area contributed by atoms with E-state index in [0.717, 1.165) is 42.8 Å². The van der Waals surface area contributed by atoms with Gasteiger partial charge in [0.15, 0.2) is 0 Å². The molecule has 1 aromatic heterocycles. The largest absolute Gasteiger partial charge is 0.368 e. The maximum atomic E-state index is 12.8. The van der Waals surface area contributed by atoms with Crippen LogP contribution in [0.15, 0.2) is 54.9 Å². The molecule has 4 rings (SSSR count). The molecule has 5 heteroatoms. The molecule has 5 nitrogen and oxygen atoms in total. The molecular weight excluding hydrogens is 300 g/mol. The molecule has 3 aromatic rings. The Morgan fingerprint density at radius 3 is 2.50 bits per heavy atom. The van der Waals surface area contributed by atoms with Gasteiger partial charge in [-0.05, 0) is 30.3 Å². The first-order valence-corrected chi connectivity index (χ1v) is 8.23. The lowest BCUT2D eigenvalue weighted by Gasteiger charge is -2.36. The van der Waals surface area contributed by atoms with E-state index in [1.54, 1.807) is 6.33 Å². The minimum atomic E-state index is 0.0928. The van der Waals surface area contributed by atoms with Crippen LogP contribution in [0.2, 0.25) is 0 Å². The fourth-order valence-electron chi connectivity index (χ4n) is 3.26. The number of nitrogens with zero attached hydrogens (tertiary/aromatic N) is 4. The van der Waals surface area contributed by atoms with Gasteiger partial charge in [-0.2, -0.15) is 0 Å². The van der Waals surface area contributed by atoms with Gasteiger partial charge in [-0.15, -0.1) is 0 Å². The summed E-state index contributed by atoms with van der Waals surface area (Å²) in [5.74, 6) is 0.0928. The first kappa shape index (κ1) is 14.8. The van der Waals surface area contributed by atoms with Gasteiger partial charge in [-0.3, -0.25) is 4.79 Å². The van der Waals surface area contributed by atoms with Gasteiger partial charge in [-0.1, -0.05) is 18.2 Å². The van der Waals surface area contributed by atoms with Crippen molar-refractivity contribution in [2.24, 2.45) is 7.05 Å². The third-order valence-corrected chi connectivity index (χ3v) is 4.66. The van der Waals surface area contributed by atoms with Crippen LogP contribution in [0.3, 0.4) is 0 Å². The second-order valence-electron chi connectivity index (χ2n) is 6.17. The molecule has 1 saturated heterocycles. The van der Waals surface area contributed by atoms with E-state index in [2.05, 4.69) is 34.1 Å². The maximum Gasteiger partial charge on any atom is 0.254 e. The van der Waals surface area contributed by atoms with Crippen molar-refractivity contribution < 1.29 is 4.79 Å². The lowest BCUT2D eigenvalue weighted by molar-refractivity contribution is 0.0747. The topological polar surface area (TPSA) is 41.4 Å². The van der Waals surface area contributed by atoms with Gasteiger partial charge in [0, 0.05) is 44.5 Å². The van der Waals surface area contributed by atoms with Crippen molar-refractivity contribution in [3.05, 3.63) is 60.4 Å². The van der Waals surface area contributed by atoms with Crippen molar-refractivity contribution in [2.75, 3.05) is 31.1 Å². The smallest absolute Gasteiger partial charge is 0.254 e. The molecule has 0 aliphatic carbocycles. The highest BCUT2D eigenvalue weighted by molar-refractivity contribution is 5.97. The van der Waals surface area contributed by atoms with Crippen LogP contribution in [0, 0.1) is 0 Å². The average molecular weight is 320 g/mol. The van der Waals surface area contributed by atoms with Gasteiger partial charge >= 0.3 is 0 Å². The van der Waals surface area contributed by atoms with E-state index in [4.69, 9.17) is 0 Å². The molecule has 1 fully saturated rings. The predicted octanol–water partition coefficient (Wildman–Crippen LogP) is 2.54. The summed E-state index contributed by atoms with van der Waals surface area (Å²) in [7, 11) is 1.96. The molecule has 0 bridgehead atoms. The number of rotatable bonds is 2. The van der Waals surface area contributed by atoms with Gasteiger partial charge in [0.25, 0.3) is 5.91 Å². The Hall–Kier alpha value is -2.82. The van der Waals surface area contributed by atoms with Crippen molar-refractivity contribution in [2.45, 2.75) is 0 Å². The van der Waals surface area contributed by atoms with E-state index in [0.29, 0.717) is 0 Å². The molecule has 2 heterocycles. The number of aromatic nitrogens is 2. The molecule has 24 heavy (non-hydrogen) atoms. The summed E-state index contributed by atoms with van der Waals surface area (Å²) >= 11 is 0. The van der Waals surface area contributed by atoms with Gasteiger partial charge in [0.2, 0.25) is 0 Å². The van der Waals surface area contributed by atoms with E-state index in [9.17, 15) is 4.79 Å². The number of fused-ring (bicyclic) bond motifs is 1. The fraction of sp³-hybridized carbons (Fsp3) is 0.263. The SMILES string of the molecule is Cn1cnc2cc(C(=O)N3CCN(c4ccccc4)CC3)ccc21. The summed E-state index contributed by atoms with van der Waals surface area (Å²) in [6.07, 6.45) is 1.78. The highest BCUT2D eigenvalue weighted by Crippen LogP contribution is 2.19. The molecule has 2 aromatic carbocycles. The number of carbonyl (C=O) groups excluding carboxylic acids is 1. The van der Waals surface area contributed by atoms with E-state index < -0.39 is 0 Å². The standard InChI is InChI=1S/C19H20N4O/c1-21-14-20-17-13-15(7-8-18(17)21)19(24)23-11-9-22(10-12-23)16-5-3-2-4-6-16/h2-8,13-14H,9-12H2,1H3. The van der Waals surface area contributed by atoms with Crippen molar-refractivity contribution in [3.8, 4) is 0 Å². The van der Waals surface area contributed by atoms with E-state index in [-0.39, 0.29) is 5.91 Å². The van der Waals surface area contributed by atoms with Gasteiger partial charge < -0.3 is 14.4 Å². The number of amides is 1. The Labute approximate surface area is 141 Å². The molecule has 1 amide bonds. The number of para-hydroxylation sites is 1. The molecular formula is C19H20N4O. The highest BCUT2D eigenvalue weighted by atomic mass is 16.2. The van der Waals surface area contributed by atoms with Crippen molar-refractivity contribution in [1.82, 2.24) is 14.5 Å². The Morgan fingerprint density at radius 1 is 1.00 bits per heavy atom. The summed E-state index contributed by atoms with van der Waals surface area (Å²) in [6, 6.07) is 16.1. The number of imidazole rings is 1. The zero-order valence-corrected chi connectivity index (χ0v) is 13.7. The number of aryl methyl sites for hydroxylation is 1. The van der Waals surface area contributed by atoms with Gasteiger partial charge in [0.1, 0.15) is 0 Å². The number of hydrogen-bond donors (Lipinski definition) is 0. The fourth-order valence-corrected chi connectivity index (χ4v) is 3.26. The average Bonchev–Trinajstić information content (AvgIpc) is 3.02. The molecule has 0 radical (unpaired) electrons. The second kappa shape index (κ2) is 6.00. The molecule has 0 N–H and O–H groups in total. The van der Waals surface area contributed by atoms with Crippen molar-refractivity contribution in [1.29, 1.82) is 0 Å². The van der Waals surface area contributed by atoms with Crippen LogP contribution < -0.4 is 4.90 Å². The Balaban J connectivity index is 1.47. The molecule has 0 atom stereocenters. The van der Waals surface area contributed by atoms with Crippen LogP contribution in [-0.4, -0.2) is 46.5 Å². The third kappa shape index (κ3) is 2.62. The lowest BCUT2D eigenvalue weighted by atomic mass is 10.1. The van der Waals surface area contributed by atoms with Crippen LogP contribution >= 0.6 is 0 Å². The number of carbonyl (C=O) groups is 1. The van der Waals surface area contributed by atoms with Gasteiger partial charge in [0.05, 0.1) is 17.4 Å². The predicted molar refractivity (Wildman–Crippen MR) is 95.3 cm³/mol. The van der Waals surface area contributed by atoms with E-state index >= 15 is 0 Å². The second-order valence-corrected chi connectivity index (χ2v) is 6.17. The maximum absolute atomic E-state index is 12.8. The van der Waals surface area contributed by atoms with Gasteiger partial charge in [-0.25, -0.2) is 4.98 Å². The summed E-state index contributed by atoms with van der Waals surface area (Å²) in [5.41, 5.74) is 3.85. The van der Waals surface area contributed by atoms with Crippen LogP contribution in [0.4, 0.5) is 5.69 Å². The molecule has 0 unspecified atom stereocenters. The summed E-state index contributed by atoms with van der Waals surface area (Å²) in [4.78, 5) is 21.4. The Bertz CT molecular complexity index is 863. The number of piperazine rings is 1. The van der Waals surface area contributed by atoms with Crippen LogP contribution in [0.5, 0.6) is 0 Å². The van der Waals surface area contributed by atoms with Crippen LogP contribution in [0.25, 0.3) is 11.0 Å². The van der Waals surface area contributed by atoms with Crippen molar-refractivity contribution >= 4 is 22.6 Å². The third-order valence-electron chi connectivity index (χ3n) is 4.66. The van der Waals surface area contributed by atoms with E-state index in [1.165, 1.54) is 5.69 Å². The Kier molecular flexibility index (Phi) is 3.69. The zero-order valence-electron chi connectivity index (χ0n) is 13.7. The molecule has 0 spiro atoms. The highest BCUT2D eigenvalue weighted by Gasteiger charge is 2.22. The van der Waals surface area contributed by atoms with E-state index in [1.807, 2.05) is 40.8 Å². The number of benzene rings is 2. The normalized spacial score (nSPS) is 15.0. The summed E-state index contributed by atoms with van der Waals surface area (Å²) in [6.45, 7) is 3.21. The first-order chi connectivity index (χ1) is 11.7. The molecule has 1 aliphatic heterocycles. The Morgan fingerprint density at radius 2 is 1.75 bits per heavy atom. The lowest BCUT2D eigenvalue weighted by Crippen LogP contribution is -2.48. The summed E-state index contributed by atoms with van der Waals surface area (Å²) < 4.78 is 1.96. The first-order valence-electron chi connectivity index (χ1n) is 8.23. The molecule has 0 saturated carbocycles. The monoisotopic (exact) mass is 320 g/mol. The zero-order chi connectivity index (χ0) is 16.5. The number of anilines is 1. The minimum Gasteiger partial charge on any atom is -0.368 e. The van der Waals surface area contributed by atoms with Crippen LogP contribution in [-0.2, 0) is 7.05 Å². The van der Waals surface area contributed by atoms with Crippen molar-refractivity contribution in [3.63, 3.8) is 0 Å². The quantitative estimate of drug-likeness (QED) is 0.728. The molecule has 1 aliphatic rings. The number of hydrogen-bond acceptors (Lipinski definition) is 3.